The highest BCUT2D eigenvalue weighted by Gasteiger charge is 2.35. The van der Waals surface area contributed by atoms with Crippen molar-refractivity contribution in [3.05, 3.63) is 93.2 Å². The van der Waals surface area contributed by atoms with E-state index in [0.29, 0.717) is 41.1 Å². The molecule has 0 radical (unpaired) electrons. The SMILES string of the molecule is Cc1cc(NC(=O)C(=O)O)cnc1NC(=O)OC(C)(C)C.Cc1nc2cc([C@H]3CC[C@H](C)CN3)ccc2s1.Cc1nc2cc([C@H]3CC[C@H](C)CN3C(=O)C(=O)Nc3cnc(NC(=O)OC(C)(C)C)c(C)c3)ccc2s1. The molecule has 6 heterocycles. The summed E-state index contributed by atoms with van der Waals surface area (Å²) in [5, 5.41) is 24.2. The number of carboxylic acid groups (broad SMARTS) is 1. The van der Waals surface area contributed by atoms with Crippen LogP contribution in [0.15, 0.2) is 60.9 Å². The van der Waals surface area contributed by atoms with Gasteiger partial charge in [-0.1, -0.05) is 26.0 Å². The number of aromatic nitrogens is 4. The molecule has 2 aliphatic rings. The van der Waals surface area contributed by atoms with Crippen molar-refractivity contribution in [1.29, 1.82) is 0 Å². The number of piperidine rings is 2. The van der Waals surface area contributed by atoms with Gasteiger partial charge in [-0.3, -0.25) is 25.0 Å². The number of carbonyl (C=O) groups excluding carboxylic acids is 5. The summed E-state index contributed by atoms with van der Waals surface area (Å²) in [5.74, 6) is -2.38. The van der Waals surface area contributed by atoms with Crippen molar-refractivity contribution in [2.45, 2.75) is 132 Å². The first kappa shape index (κ1) is 57.2. The maximum absolute atomic E-state index is 13.3. The van der Waals surface area contributed by atoms with Gasteiger partial charge in [-0.05, 0) is 172 Å². The van der Waals surface area contributed by atoms with Gasteiger partial charge in [0, 0.05) is 12.6 Å². The summed E-state index contributed by atoms with van der Waals surface area (Å²) in [7, 11) is 0. The molecule has 400 valence electrons. The number of aliphatic carboxylic acids is 1. The molecule has 0 aliphatic carbocycles. The van der Waals surface area contributed by atoms with E-state index in [0.717, 1.165) is 56.6 Å². The molecule has 5 amide bonds. The summed E-state index contributed by atoms with van der Waals surface area (Å²) >= 11 is 3.41. The molecule has 4 aromatic heterocycles. The Bertz CT molecular complexity index is 3060. The topological polar surface area (TPSA) is 256 Å². The molecule has 2 fully saturated rings. The number of nitrogens with zero attached hydrogens (tertiary/aromatic N) is 5. The number of hydrogen-bond acceptors (Lipinski definition) is 15. The lowest BCUT2D eigenvalue weighted by atomic mass is 9.89. The number of ether oxygens (including phenoxy) is 2. The van der Waals surface area contributed by atoms with Gasteiger partial charge < -0.3 is 35.4 Å². The molecule has 0 spiro atoms. The van der Waals surface area contributed by atoms with Gasteiger partial charge in [-0.25, -0.2) is 34.3 Å². The number of carboxylic acids is 1. The van der Waals surface area contributed by atoms with Gasteiger partial charge in [0.15, 0.2) is 0 Å². The number of pyridine rings is 2. The molecule has 2 aromatic carbocycles. The molecule has 0 saturated carbocycles. The van der Waals surface area contributed by atoms with Crippen LogP contribution in [0.3, 0.4) is 0 Å². The van der Waals surface area contributed by atoms with Crippen LogP contribution in [0.2, 0.25) is 0 Å². The minimum absolute atomic E-state index is 0.193. The Morgan fingerprint density at radius 3 is 1.59 bits per heavy atom. The number of rotatable bonds is 6. The Morgan fingerprint density at radius 1 is 0.640 bits per heavy atom. The number of benzene rings is 2. The lowest BCUT2D eigenvalue weighted by Gasteiger charge is -2.38. The van der Waals surface area contributed by atoms with Gasteiger partial charge in [0.05, 0.1) is 60.3 Å². The van der Waals surface area contributed by atoms with Crippen molar-refractivity contribution in [3.63, 3.8) is 0 Å². The number of aryl methyl sites for hydroxylation is 4. The normalized spacial score (nSPS) is 17.6. The summed E-state index contributed by atoms with van der Waals surface area (Å²) < 4.78 is 12.7. The predicted molar refractivity (Wildman–Crippen MR) is 293 cm³/mol. The summed E-state index contributed by atoms with van der Waals surface area (Å²) in [6, 6.07) is 16.3. The number of anilines is 4. The fraction of sp³-hybridized carbons (Fsp3) is 0.444. The maximum Gasteiger partial charge on any atom is 0.413 e. The summed E-state index contributed by atoms with van der Waals surface area (Å²) in [4.78, 5) is 90.5. The van der Waals surface area contributed by atoms with Gasteiger partial charge >= 0.3 is 35.9 Å². The molecule has 6 aromatic rings. The first-order chi connectivity index (χ1) is 35.2. The number of carbonyl (C=O) groups is 6. The lowest BCUT2D eigenvalue weighted by molar-refractivity contribution is -0.147. The predicted octanol–water partition coefficient (Wildman–Crippen LogP) is 11.0. The second-order valence-electron chi connectivity index (χ2n) is 21.0. The van der Waals surface area contributed by atoms with E-state index in [2.05, 4.69) is 85.5 Å². The van der Waals surface area contributed by atoms with Crippen LogP contribution in [-0.2, 0) is 28.7 Å². The zero-order valence-electron chi connectivity index (χ0n) is 44.6. The van der Waals surface area contributed by atoms with Crippen LogP contribution in [0.25, 0.3) is 20.4 Å². The highest BCUT2D eigenvalue weighted by Crippen LogP contribution is 2.36. The average Bonchev–Trinajstić information content (AvgIpc) is 3.89. The van der Waals surface area contributed by atoms with Crippen LogP contribution >= 0.6 is 22.7 Å². The Hall–Kier alpha value is -7.10. The zero-order valence-corrected chi connectivity index (χ0v) is 46.2. The van der Waals surface area contributed by atoms with Crippen molar-refractivity contribution in [3.8, 4) is 0 Å². The smallest absolute Gasteiger partial charge is 0.413 e. The standard InChI is InChI=1S/C27H33N5O4S.C14H18N2S.C13H17N3O5/c1-15-7-9-21(18-8-10-22-20(12-18)29-17(3)37-22)32(14-15)25(34)24(33)30-19-11-16(2)23(28-13-19)31-26(35)36-27(4,5)6;1-9-3-5-12(15-8-9)11-4-6-14-13(7-11)16-10(2)17-14;1-7-5-8(15-10(17)11(18)19)6-14-9(7)16-12(20)21-13(2,3)4/h8,10-13,15,21H,7,9,14H2,1-6H3,(H,30,33)(H,28,31,35);4,6-7,9,12,15H,3,5,8H2,1-2H3;5-6H,1-4H3,(H,15,17)(H,18,19)(H,14,16,20)/t15-,21+;9-,12+;/m00./s1. The highest BCUT2D eigenvalue weighted by atomic mass is 32.1. The minimum atomic E-state index is -1.59. The van der Waals surface area contributed by atoms with Gasteiger partial charge in [-0.2, -0.15) is 0 Å². The fourth-order valence-electron chi connectivity index (χ4n) is 8.40. The Morgan fingerprint density at radius 2 is 1.12 bits per heavy atom. The third-order valence-electron chi connectivity index (χ3n) is 11.9. The van der Waals surface area contributed by atoms with Crippen molar-refractivity contribution >= 4 is 102 Å². The fourth-order valence-corrected chi connectivity index (χ4v) is 10.0. The van der Waals surface area contributed by atoms with Gasteiger partial charge in [-0.15, -0.1) is 22.7 Å². The third-order valence-corrected chi connectivity index (χ3v) is 13.8. The number of nitrogens with one attached hydrogen (secondary N) is 5. The minimum Gasteiger partial charge on any atom is -0.474 e. The van der Waals surface area contributed by atoms with E-state index in [1.807, 2.05) is 25.1 Å². The lowest BCUT2D eigenvalue weighted by Crippen LogP contribution is -2.46. The van der Waals surface area contributed by atoms with Crippen molar-refractivity contribution in [1.82, 2.24) is 30.2 Å². The van der Waals surface area contributed by atoms with Crippen LogP contribution in [0.1, 0.15) is 125 Å². The first-order valence-corrected chi connectivity index (χ1v) is 26.4. The highest BCUT2D eigenvalue weighted by molar-refractivity contribution is 7.18. The first-order valence-electron chi connectivity index (χ1n) is 24.8. The number of amides is 5. The third kappa shape index (κ3) is 16.7. The number of fused-ring (bicyclic) bond motifs is 2. The molecular formula is C54H68N10O9S2. The Labute approximate surface area is 445 Å². The van der Waals surface area contributed by atoms with Crippen LogP contribution < -0.4 is 26.6 Å². The molecule has 8 rings (SSSR count). The molecule has 2 saturated heterocycles. The van der Waals surface area contributed by atoms with E-state index in [1.54, 1.807) is 89.0 Å². The van der Waals surface area contributed by atoms with Crippen LogP contribution in [0.4, 0.5) is 32.6 Å². The zero-order chi connectivity index (χ0) is 54.9. The molecule has 0 unspecified atom stereocenters. The number of hydrogen-bond donors (Lipinski definition) is 6. The molecule has 75 heavy (non-hydrogen) atoms. The Kier molecular flexibility index (Phi) is 18.7. The van der Waals surface area contributed by atoms with E-state index < -0.39 is 47.1 Å². The molecule has 0 bridgehead atoms. The van der Waals surface area contributed by atoms with Gasteiger partial charge in [0.2, 0.25) is 0 Å². The van der Waals surface area contributed by atoms with Crippen LogP contribution in [0.5, 0.6) is 0 Å². The molecule has 6 N–H and O–H groups in total. The van der Waals surface area contributed by atoms with Crippen LogP contribution in [-0.4, -0.2) is 90.1 Å². The largest absolute Gasteiger partial charge is 0.474 e. The van der Waals surface area contributed by atoms with E-state index in [4.69, 9.17) is 14.6 Å². The van der Waals surface area contributed by atoms with Gasteiger partial charge in [0.1, 0.15) is 22.8 Å². The van der Waals surface area contributed by atoms with E-state index in [9.17, 15) is 28.8 Å². The quantitative estimate of drug-likeness (QED) is 0.0849. The monoisotopic (exact) mass is 1060 g/mol. The van der Waals surface area contributed by atoms with E-state index in [-0.39, 0.29) is 17.5 Å². The average molecular weight is 1070 g/mol. The second kappa shape index (κ2) is 24.5. The molecular weight excluding hydrogens is 997 g/mol. The second-order valence-corrected chi connectivity index (χ2v) is 23.4. The van der Waals surface area contributed by atoms with E-state index in [1.165, 1.54) is 41.6 Å². The maximum atomic E-state index is 13.3. The number of likely N-dealkylation sites (tertiary alicyclic amines) is 1. The molecule has 19 nitrogen and oxygen atoms in total. The molecule has 2 aliphatic heterocycles. The Balaban J connectivity index is 0.000000202. The summed E-state index contributed by atoms with van der Waals surface area (Å²) in [5.41, 5.74) is 4.94. The number of thiazole rings is 2. The molecule has 4 atom stereocenters. The molecule has 21 heteroatoms. The van der Waals surface area contributed by atoms with Crippen LogP contribution in [0, 0.1) is 39.5 Å². The van der Waals surface area contributed by atoms with Crippen molar-refractivity contribution < 1.29 is 43.3 Å². The van der Waals surface area contributed by atoms with Gasteiger partial charge in [0.25, 0.3) is 0 Å². The summed E-state index contributed by atoms with van der Waals surface area (Å²) in [6.45, 7) is 24.0. The van der Waals surface area contributed by atoms with Crippen molar-refractivity contribution in [2.75, 3.05) is 34.4 Å². The van der Waals surface area contributed by atoms with E-state index >= 15 is 0 Å². The van der Waals surface area contributed by atoms with Crippen molar-refractivity contribution in [2.24, 2.45) is 11.8 Å². The summed E-state index contributed by atoms with van der Waals surface area (Å²) in [6.07, 6.45) is 5.69.